The maximum absolute atomic E-state index is 12.6. The van der Waals surface area contributed by atoms with Gasteiger partial charge in [0.15, 0.2) is 0 Å². The molecule has 0 saturated carbocycles. The maximum atomic E-state index is 12.6. The van der Waals surface area contributed by atoms with Crippen LogP contribution in [0.1, 0.15) is 29.8 Å². The molecule has 1 amide bonds. The summed E-state index contributed by atoms with van der Waals surface area (Å²) >= 11 is 5.67. The smallest absolute Gasteiger partial charge is 0.416 e. The average Bonchev–Trinajstić information content (AvgIpc) is 2.51. The van der Waals surface area contributed by atoms with Crippen molar-refractivity contribution in [3.8, 4) is 5.75 Å². The molecule has 23 heavy (non-hydrogen) atoms. The highest BCUT2D eigenvalue weighted by Gasteiger charge is 2.30. The van der Waals surface area contributed by atoms with E-state index in [0.717, 1.165) is 12.1 Å². The van der Waals surface area contributed by atoms with Gasteiger partial charge in [0.1, 0.15) is 5.75 Å². The molecule has 7 heteroatoms. The first-order valence-electron chi connectivity index (χ1n) is 6.74. The lowest BCUT2D eigenvalue weighted by Gasteiger charge is -2.10. The number of hydrogen-bond donors (Lipinski definition) is 2. The van der Waals surface area contributed by atoms with Crippen LogP contribution < -0.4 is 5.32 Å². The van der Waals surface area contributed by atoms with Crippen LogP contribution in [0.5, 0.6) is 5.75 Å². The molecule has 0 aliphatic carbocycles. The summed E-state index contributed by atoms with van der Waals surface area (Å²) in [4.78, 5) is 11.9. The van der Waals surface area contributed by atoms with Crippen molar-refractivity contribution in [1.82, 2.24) is 0 Å². The second-order valence-corrected chi connectivity index (χ2v) is 4.61. The zero-order valence-corrected chi connectivity index (χ0v) is 13.2. The molecule has 0 aliphatic rings. The number of aromatic hydroxyl groups is 1. The summed E-state index contributed by atoms with van der Waals surface area (Å²) in [6, 6.07) is 8.04. The predicted molar refractivity (Wildman–Crippen MR) is 83.9 cm³/mol. The van der Waals surface area contributed by atoms with Gasteiger partial charge in [0, 0.05) is 11.3 Å². The number of amides is 1. The summed E-state index contributed by atoms with van der Waals surface area (Å²) in [5, 5.41) is 11.6. The first kappa shape index (κ1) is 18.8. The normalized spacial score (nSPS) is 10.5. The van der Waals surface area contributed by atoms with E-state index in [0.29, 0.717) is 0 Å². The fourth-order valence-electron chi connectivity index (χ4n) is 1.62. The molecule has 0 fully saturated rings. The van der Waals surface area contributed by atoms with E-state index >= 15 is 0 Å². The lowest BCUT2D eigenvalue weighted by Crippen LogP contribution is -2.13. The molecule has 3 nitrogen and oxygen atoms in total. The third kappa shape index (κ3) is 5.17. The van der Waals surface area contributed by atoms with Gasteiger partial charge in [-0.25, -0.2) is 0 Å². The molecule has 0 atom stereocenters. The SMILES string of the molecule is CC.O=C(Nc1cccc(C(F)(F)F)c1)c1ccc(O)c(Cl)c1. The molecule has 2 rings (SSSR count). The fourth-order valence-corrected chi connectivity index (χ4v) is 1.81. The van der Waals surface area contributed by atoms with E-state index in [1.165, 1.54) is 30.3 Å². The van der Waals surface area contributed by atoms with Gasteiger partial charge in [0.2, 0.25) is 0 Å². The second kappa shape index (κ2) is 7.87. The largest absolute Gasteiger partial charge is 0.506 e. The van der Waals surface area contributed by atoms with Crippen LogP contribution in [0, 0.1) is 0 Å². The van der Waals surface area contributed by atoms with Gasteiger partial charge in [-0.05, 0) is 36.4 Å². The summed E-state index contributed by atoms with van der Waals surface area (Å²) in [6.45, 7) is 4.00. The summed E-state index contributed by atoms with van der Waals surface area (Å²) in [7, 11) is 0. The number of alkyl halides is 3. The number of halogens is 4. The van der Waals surface area contributed by atoms with Crippen molar-refractivity contribution in [1.29, 1.82) is 0 Å². The van der Waals surface area contributed by atoms with Gasteiger partial charge in [-0.2, -0.15) is 13.2 Å². The third-order valence-electron chi connectivity index (χ3n) is 2.66. The van der Waals surface area contributed by atoms with E-state index in [1.807, 2.05) is 13.8 Å². The molecule has 0 unspecified atom stereocenters. The van der Waals surface area contributed by atoms with E-state index in [9.17, 15) is 23.1 Å². The quantitative estimate of drug-likeness (QED) is 0.771. The van der Waals surface area contributed by atoms with Crippen molar-refractivity contribution in [3.05, 3.63) is 58.6 Å². The van der Waals surface area contributed by atoms with Crippen LogP contribution in [0.15, 0.2) is 42.5 Å². The number of benzene rings is 2. The number of carbonyl (C=O) groups excluding carboxylic acids is 1. The number of hydrogen-bond acceptors (Lipinski definition) is 2. The van der Waals surface area contributed by atoms with E-state index in [-0.39, 0.29) is 22.0 Å². The Bertz CT molecular complexity index is 687. The summed E-state index contributed by atoms with van der Waals surface area (Å²) < 4.78 is 37.7. The number of phenols is 1. The molecule has 124 valence electrons. The number of carbonyl (C=O) groups is 1. The number of anilines is 1. The van der Waals surface area contributed by atoms with Gasteiger partial charge >= 0.3 is 6.18 Å². The Labute approximate surface area is 136 Å². The van der Waals surface area contributed by atoms with E-state index in [4.69, 9.17) is 11.6 Å². The van der Waals surface area contributed by atoms with Crippen LogP contribution in [0.25, 0.3) is 0 Å². The zero-order valence-electron chi connectivity index (χ0n) is 12.4. The summed E-state index contributed by atoms with van der Waals surface area (Å²) in [6.07, 6.45) is -4.48. The van der Waals surface area contributed by atoms with Crippen molar-refractivity contribution < 1.29 is 23.1 Å². The minimum absolute atomic E-state index is 0.0130. The molecule has 0 bridgehead atoms. The topological polar surface area (TPSA) is 49.3 Å². The standard InChI is InChI=1S/C14H9ClF3NO2.C2H6/c15-11-6-8(4-5-12(11)20)13(21)19-10-3-1-2-9(7-10)14(16,17)18;1-2/h1-7,20H,(H,19,21);1-2H3. The second-order valence-electron chi connectivity index (χ2n) is 4.20. The number of nitrogens with one attached hydrogen (secondary N) is 1. The van der Waals surface area contributed by atoms with Crippen LogP contribution >= 0.6 is 11.6 Å². The first-order chi connectivity index (χ1) is 10.8. The van der Waals surface area contributed by atoms with Crippen LogP contribution in [-0.4, -0.2) is 11.0 Å². The molecule has 0 aromatic heterocycles. The Morgan fingerprint density at radius 3 is 2.35 bits per heavy atom. The third-order valence-corrected chi connectivity index (χ3v) is 2.96. The molecule has 0 heterocycles. The molecule has 2 aromatic rings. The molecule has 0 saturated heterocycles. The highest BCUT2D eigenvalue weighted by molar-refractivity contribution is 6.32. The van der Waals surface area contributed by atoms with Crippen molar-refractivity contribution >= 4 is 23.2 Å². The number of phenolic OH excluding ortho intramolecular Hbond substituents is 1. The zero-order chi connectivity index (χ0) is 17.6. The molecular weight excluding hydrogens is 331 g/mol. The lowest BCUT2D eigenvalue weighted by atomic mass is 10.1. The molecule has 0 aliphatic heterocycles. The Morgan fingerprint density at radius 2 is 1.78 bits per heavy atom. The van der Waals surface area contributed by atoms with Crippen LogP contribution in [0.4, 0.5) is 18.9 Å². The monoisotopic (exact) mass is 345 g/mol. The van der Waals surface area contributed by atoms with E-state index in [1.54, 1.807) is 0 Å². The van der Waals surface area contributed by atoms with Gasteiger partial charge in [-0.3, -0.25) is 4.79 Å². The summed E-state index contributed by atoms with van der Waals surface area (Å²) in [5.74, 6) is -0.816. The highest BCUT2D eigenvalue weighted by Crippen LogP contribution is 2.31. The molecule has 2 N–H and O–H groups in total. The average molecular weight is 346 g/mol. The van der Waals surface area contributed by atoms with Crippen LogP contribution in [0.3, 0.4) is 0 Å². The van der Waals surface area contributed by atoms with E-state index < -0.39 is 17.6 Å². The lowest BCUT2D eigenvalue weighted by molar-refractivity contribution is -0.137. The number of rotatable bonds is 2. The fraction of sp³-hybridized carbons (Fsp3) is 0.188. The Morgan fingerprint density at radius 1 is 1.13 bits per heavy atom. The van der Waals surface area contributed by atoms with Gasteiger partial charge in [-0.15, -0.1) is 0 Å². The highest BCUT2D eigenvalue weighted by atomic mass is 35.5. The van der Waals surface area contributed by atoms with Gasteiger partial charge in [0.25, 0.3) is 5.91 Å². The van der Waals surface area contributed by atoms with Crippen LogP contribution in [0.2, 0.25) is 5.02 Å². The first-order valence-corrected chi connectivity index (χ1v) is 7.12. The predicted octanol–water partition coefficient (Wildman–Crippen LogP) is 5.34. The molecular formula is C16H15ClF3NO2. The van der Waals surface area contributed by atoms with Gasteiger partial charge < -0.3 is 10.4 Å². The van der Waals surface area contributed by atoms with E-state index in [2.05, 4.69) is 5.32 Å². The molecule has 0 radical (unpaired) electrons. The molecule has 0 spiro atoms. The Balaban J connectivity index is 0.00000127. The molecule has 2 aromatic carbocycles. The van der Waals surface area contributed by atoms with Crippen molar-refractivity contribution in [3.63, 3.8) is 0 Å². The Kier molecular flexibility index (Phi) is 6.45. The van der Waals surface area contributed by atoms with Crippen molar-refractivity contribution in [2.24, 2.45) is 0 Å². The van der Waals surface area contributed by atoms with Crippen molar-refractivity contribution in [2.75, 3.05) is 5.32 Å². The van der Waals surface area contributed by atoms with Crippen molar-refractivity contribution in [2.45, 2.75) is 20.0 Å². The Hall–Kier alpha value is -2.21. The minimum Gasteiger partial charge on any atom is -0.506 e. The van der Waals surface area contributed by atoms with Gasteiger partial charge in [-0.1, -0.05) is 31.5 Å². The minimum atomic E-state index is -4.48. The van der Waals surface area contributed by atoms with Crippen LogP contribution in [-0.2, 0) is 6.18 Å². The van der Waals surface area contributed by atoms with Gasteiger partial charge in [0.05, 0.1) is 10.6 Å². The maximum Gasteiger partial charge on any atom is 0.416 e. The summed E-state index contributed by atoms with van der Waals surface area (Å²) in [5.41, 5.74) is -0.724.